The van der Waals surface area contributed by atoms with Crippen LogP contribution in [-0.4, -0.2) is 18.2 Å². The summed E-state index contributed by atoms with van der Waals surface area (Å²) in [4.78, 5) is 11.2. The minimum Gasteiger partial charge on any atom is -0.496 e. The predicted octanol–water partition coefficient (Wildman–Crippen LogP) is 4.34. The van der Waals surface area contributed by atoms with Gasteiger partial charge in [0.2, 0.25) is 0 Å². The lowest BCUT2D eigenvalue weighted by molar-refractivity contribution is 0.0691. The van der Waals surface area contributed by atoms with Gasteiger partial charge in [0, 0.05) is 13.6 Å². The number of methoxy groups -OCH3 is 1. The average Bonchev–Trinajstić information content (AvgIpc) is 2.46. The van der Waals surface area contributed by atoms with Gasteiger partial charge in [-0.05, 0) is 59.0 Å². The van der Waals surface area contributed by atoms with E-state index >= 15 is 0 Å². The summed E-state index contributed by atoms with van der Waals surface area (Å²) < 4.78 is 12.7. The SMILES string of the molecule is COc1ccc(Br)cc1COc1ccc(I)cc1C(=O)O. The van der Waals surface area contributed by atoms with Crippen molar-refractivity contribution >= 4 is 44.5 Å². The van der Waals surface area contributed by atoms with Crippen LogP contribution in [0, 0.1) is 3.57 Å². The molecule has 2 aromatic rings. The van der Waals surface area contributed by atoms with E-state index in [9.17, 15) is 9.90 Å². The summed E-state index contributed by atoms with van der Waals surface area (Å²) in [5, 5.41) is 9.22. The first kappa shape index (κ1) is 16.1. The Morgan fingerprint density at radius 2 is 1.95 bits per heavy atom. The lowest BCUT2D eigenvalue weighted by atomic mass is 10.2. The summed E-state index contributed by atoms with van der Waals surface area (Å²) in [6.07, 6.45) is 0. The zero-order valence-corrected chi connectivity index (χ0v) is 14.8. The van der Waals surface area contributed by atoms with Gasteiger partial charge in [0.25, 0.3) is 0 Å². The normalized spacial score (nSPS) is 10.2. The van der Waals surface area contributed by atoms with Crippen LogP contribution in [-0.2, 0) is 6.61 Å². The van der Waals surface area contributed by atoms with Gasteiger partial charge in [-0.3, -0.25) is 0 Å². The van der Waals surface area contributed by atoms with Crippen LogP contribution in [0.4, 0.5) is 0 Å². The summed E-state index contributed by atoms with van der Waals surface area (Å²) in [6.45, 7) is 0.226. The Hall–Kier alpha value is -1.28. The molecule has 110 valence electrons. The summed E-state index contributed by atoms with van der Waals surface area (Å²) in [6, 6.07) is 10.6. The molecular formula is C15H12BrIO4. The van der Waals surface area contributed by atoms with Gasteiger partial charge in [-0.15, -0.1) is 0 Å². The number of benzene rings is 2. The van der Waals surface area contributed by atoms with Crippen molar-refractivity contribution in [3.05, 3.63) is 55.6 Å². The third-order valence-electron chi connectivity index (χ3n) is 2.80. The molecule has 4 nitrogen and oxygen atoms in total. The average molecular weight is 463 g/mol. The molecule has 21 heavy (non-hydrogen) atoms. The molecule has 0 atom stereocenters. The largest absolute Gasteiger partial charge is 0.496 e. The molecule has 0 aliphatic carbocycles. The van der Waals surface area contributed by atoms with Crippen LogP contribution in [0.1, 0.15) is 15.9 Å². The van der Waals surface area contributed by atoms with Crippen LogP contribution in [0.2, 0.25) is 0 Å². The Balaban J connectivity index is 2.24. The minimum absolute atomic E-state index is 0.149. The monoisotopic (exact) mass is 462 g/mol. The Kier molecular flexibility index (Phi) is 5.46. The molecule has 2 aromatic carbocycles. The molecule has 0 aromatic heterocycles. The molecular weight excluding hydrogens is 451 g/mol. The molecule has 0 saturated carbocycles. The molecule has 0 amide bonds. The lowest BCUT2D eigenvalue weighted by Crippen LogP contribution is -2.05. The third-order valence-corrected chi connectivity index (χ3v) is 3.96. The van der Waals surface area contributed by atoms with Gasteiger partial charge < -0.3 is 14.6 Å². The molecule has 6 heteroatoms. The zero-order chi connectivity index (χ0) is 15.4. The topological polar surface area (TPSA) is 55.8 Å². The maximum Gasteiger partial charge on any atom is 0.339 e. The molecule has 2 rings (SSSR count). The number of rotatable bonds is 5. The predicted molar refractivity (Wildman–Crippen MR) is 91.1 cm³/mol. The summed E-state index contributed by atoms with van der Waals surface area (Å²) in [7, 11) is 1.58. The van der Waals surface area contributed by atoms with Crippen molar-refractivity contribution in [2.24, 2.45) is 0 Å². The Labute approximate surface area is 144 Å². The quantitative estimate of drug-likeness (QED) is 0.671. The van der Waals surface area contributed by atoms with Gasteiger partial charge in [-0.2, -0.15) is 0 Å². The van der Waals surface area contributed by atoms with Gasteiger partial charge >= 0.3 is 5.97 Å². The highest BCUT2D eigenvalue weighted by Gasteiger charge is 2.13. The van der Waals surface area contributed by atoms with E-state index in [4.69, 9.17) is 9.47 Å². The van der Waals surface area contributed by atoms with E-state index in [1.54, 1.807) is 25.3 Å². The fraction of sp³-hybridized carbons (Fsp3) is 0.133. The highest BCUT2D eigenvalue weighted by atomic mass is 127. The van der Waals surface area contributed by atoms with Crippen molar-refractivity contribution in [1.29, 1.82) is 0 Å². The molecule has 0 heterocycles. The van der Waals surface area contributed by atoms with Crippen molar-refractivity contribution in [3.8, 4) is 11.5 Å². The number of carboxylic acids is 1. The second kappa shape index (κ2) is 7.13. The first-order chi connectivity index (χ1) is 10.0. The summed E-state index contributed by atoms with van der Waals surface area (Å²) in [5.74, 6) is 0.0234. The molecule has 0 fully saturated rings. The van der Waals surface area contributed by atoms with E-state index in [1.807, 2.05) is 18.2 Å². The van der Waals surface area contributed by atoms with Crippen LogP contribution >= 0.6 is 38.5 Å². The zero-order valence-electron chi connectivity index (χ0n) is 11.1. The third kappa shape index (κ3) is 4.10. The van der Waals surface area contributed by atoms with Gasteiger partial charge in [0.05, 0.1) is 7.11 Å². The maximum absolute atomic E-state index is 11.2. The molecule has 0 aliphatic heterocycles. The van der Waals surface area contributed by atoms with Gasteiger partial charge in [-0.1, -0.05) is 15.9 Å². The highest BCUT2D eigenvalue weighted by Crippen LogP contribution is 2.26. The molecule has 0 bridgehead atoms. The van der Waals surface area contributed by atoms with Crippen molar-refractivity contribution in [1.82, 2.24) is 0 Å². The first-order valence-electron chi connectivity index (χ1n) is 5.99. The fourth-order valence-corrected chi connectivity index (χ4v) is 2.71. The Morgan fingerprint density at radius 3 is 2.62 bits per heavy atom. The second-order valence-corrected chi connectivity index (χ2v) is 6.35. The van der Waals surface area contributed by atoms with Crippen LogP contribution in [0.15, 0.2) is 40.9 Å². The standard InChI is InChI=1S/C15H12BrIO4/c1-20-13-4-2-10(16)6-9(13)8-21-14-5-3-11(17)7-12(14)15(18)19/h2-7H,8H2,1H3,(H,18,19). The van der Waals surface area contributed by atoms with E-state index in [1.165, 1.54) is 0 Å². The summed E-state index contributed by atoms with van der Waals surface area (Å²) in [5.41, 5.74) is 0.984. The smallest absolute Gasteiger partial charge is 0.339 e. The number of ether oxygens (including phenoxy) is 2. The van der Waals surface area contributed by atoms with E-state index < -0.39 is 5.97 Å². The van der Waals surface area contributed by atoms with Crippen LogP contribution in [0.25, 0.3) is 0 Å². The van der Waals surface area contributed by atoms with E-state index in [-0.39, 0.29) is 12.2 Å². The molecule has 0 unspecified atom stereocenters. The van der Waals surface area contributed by atoms with E-state index in [0.29, 0.717) is 11.5 Å². The van der Waals surface area contributed by atoms with Crippen molar-refractivity contribution in [3.63, 3.8) is 0 Å². The lowest BCUT2D eigenvalue weighted by Gasteiger charge is -2.12. The molecule has 0 spiro atoms. The van der Waals surface area contributed by atoms with Gasteiger partial charge in [0.15, 0.2) is 0 Å². The minimum atomic E-state index is -1.01. The molecule has 0 saturated heterocycles. The van der Waals surface area contributed by atoms with E-state index in [2.05, 4.69) is 38.5 Å². The fourth-order valence-electron chi connectivity index (χ4n) is 1.81. The number of carbonyl (C=O) groups is 1. The highest BCUT2D eigenvalue weighted by molar-refractivity contribution is 14.1. The van der Waals surface area contributed by atoms with Crippen LogP contribution in [0.5, 0.6) is 11.5 Å². The van der Waals surface area contributed by atoms with Crippen LogP contribution in [0.3, 0.4) is 0 Å². The number of hydrogen-bond donors (Lipinski definition) is 1. The van der Waals surface area contributed by atoms with Gasteiger partial charge in [-0.25, -0.2) is 4.79 Å². The maximum atomic E-state index is 11.2. The number of halogens is 2. The first-order valence-corrected chi connectivity index (χ1v) is 7.86. The van der Waals surface area contributed by atoms with Crippen molar-refractivity contribution < 1.29 is 19.4 Å². The number of carboxylic acid groups (broad SMARTS) is 1. The number of aromatic carboxylic acids is 1. The van der Waals surface area contributed by atoms with E-state index in [0.717, 1.165) is 13.6 Å². The molecule has 0 aliphatic rings. The van der Waals surface area contributed by atoms with Crippen LogP contribution < -0.4 is 9.47 Å². The number of hydrogen-bond acceptors (Lipinski definition) is 3. The Bertz CT molecular complexity index is 673. The molecule has 1 N–H and O–H groups in total. The second-order valence-electron chi connectivity index (χ2n) is 4.19. The Morgan fingerprint density at radius 1 is 1.24 bits per heavy atom. The van der Waals surface area contributed by atoms with Crippen molar-refractivity contribution in [2.45, 2.75) is 6.61 Å². The van der Waals surface area contributed by atoms with Crippen molar-refractivity contribution in [2.75, 3.05) is 7.11 Å². The molecule has 0 radical (unpaired) electrons. The summed E-state index contributed by atoms with van der Waals surface area (Å²) >= 11 is 5.46. The van der Waals surface area contributed by atoms with Gasteiger partial charge in [0.1, 0.15) is 23.7 Å².